The number of rotatable bonds is 7. The monoisotopic (exact) mass is 404 g/mol. The Morgan fingerprint density at radius 3 is 2.41 bits per heavy atom. The van der Waals surface area contributed by atoms with Crippen LogP contribution < -0.4 is 9.47 Å². The van der Waals surface area contributed by atoms with E-state index in [1.165, 1.54) is 26.4 Å². The van der Waals surface area contributed by atoms with Crippen molar-refractivity contribution in [1.82, 2.24) is 0 Å². The number of cyclic esters (lactones) is 1. The molecule has 8 nitrogen and oxygen atoms in total. The van der Waals surface area contributed by atoms with Crippen LogP contribution in [0.3, 0.4) is 0 Å². The van der Waals surface area contributed by atoms with E-state index in [4.69, 9.17) is 14.2 Å². The van der Waals surface area contributed by atoms with Crippen molar-refractivity contribution in [3.05, 3.63) is 53.1 Å². The lowest BCUT2D eigenvalue weighted by molar-refractivity contribution is -0.156. The molecular weight excluding hydrogens is 380 g/mol. The Hall–Kier alpha value is -2.81. The zero-order chi connectivity index (χ0) is 21.2. The second-order valence-electron chi connectivity index (χ2n) is 6.95. The minimum atomic E-state index is -1.97. The molecule has 0 radical (unpaired) electrons. The van der Waals surface area contributed by atoms with Crippen LogP contribution in [0.1, 0.15) is 22.8 Å². The van der Waals surface area contributed by atoms with E-state index in [1.54, 1.807) is 24.3 Å². The third kappa shape index (κ3) is 3.74. The maximum atomic E-state index is 12.6. The molecular formula is C21H24O8. The van der Waals surface area contributed by atoms with Crippen LogP contribution in [0, 0.1) is 5.92 Å². The topological polar surface area (TPSA) is 126 Å². The summed E-state index contributed by atoms with van der Waals surface area (Å²) in [6.07, 6.45) is -1.02. The molecule has 0 spiro atoms. The smallest absolute Gasteiger partial charge is 0.339 e. The molecule has 0 saturated carbocycles. The van der Waals surface area contributed by atoms with Crippen LogP contribution in [0.5, 0.6) is 17.2 Å². The number of aromatic hydroxyl groups is 1. The van der Waals surface area contributed by atoms with Gasteiger partial charge in [0, 0.05) is 12.0 Å². The van der Waals surface area contributed by atoms with Gasteiger partial charge < -0.3 is 34.6 Å². The second kappa shape index (κ2) is 8.28. The molecule has 1 aliphatic heterocycles. The largest absolute Gasteiger partial charge is 0.504 e. The van der Waals surface area contributed by atoms with Crippen molar-refractivity contribution in [2.45, 2.75) is 24.7 Å². The third-order valence-corrected chi connectivity index (χ3v) is 5.29. The first-order chi connectivity index (χ1) is 13.9. The summed E-state index contributed by atoms with van der Waals surface area (Å²) in [5.41, 5.74) is -0.339. The first-order valence-corrected chi connectivity index (χ1v) is 9.05. The summed E-state index contributed by atoms with van der Waals surface area (Å²) >= 11 is 0. The molecule has 4 N–H and O–H groups in total. The van der Waals surface area contributed by atoms with Crippen LogP contribution in [-0.4, -0.2) is 52.8 Å². The predicted octanol–water partition coefficient (Wildman–Crippen LogP) is 1.08. The summed E-state index contributed by atoms with van der Waals surface area (Å²) in [5.74, 6) is -1.22. The van der Waals surface area contributed by atoms with E-state index in [1.807, 2.05) is 0 Å². The number of esters is 1. The van der Waals surface area contributed by atoms with Crippen molar-refractivity contribution in [2.24, 2.45) is 5.92 Å². The Bertz CT molecular complexity index is 896. The van der Waals surface area contributed by atoms with E-state index in [-0.39, 0.29) is 24.5 Å². The summed E-state index contributed by atoms with van der Waals surface area (Å²) in [7, 11) is 2.85. The van der Waals surface area contributed by atoms with Gasteiger partial charge in [0.25, 0.3) is 0 Å². The highest BCUT2D eigenvalue weighted by Gasteiger charge is 2.56. The fourth-order valence-corrected chi connectivity index (χ4v) is 3.66. The SMILES string of the molecule is COc1cc(CC2(O)C(=O)OC(c3ccc(CO)c(OC)c3)C2CO)ccc1O. The van der Waals surface area contributed by atoms with Gasteiger partial charge in [-0.25, -0.2) is 4.79 Å². The van der Waals surface area contributed by atoms with Gasteiger partial charge in [-0.15, -0.1) is 0 Å². The van der Waals surface area contributed by atoms with Gasteiger partial charge in [-0.3, -0.25) is 0 Å². The van der Waals surface area contributed by atoms with Gasteiger partial charge in [0.1, 0.15) is 11.9 Å². The van der Waals surface area contributed by atoms with Crippen LogP contribution in [0.15, 0.2) is 36.4 Å². The number of methoxy groups -OCH3 is 2. The lowest BCUT2D eigenvalue weighted by atomic mass is 9.80. The van der Waals surface area contributed by atoms with E-state index in [9.17, 15) is 25.2 Å². The van der Waals surface area contributed by atoms with Gasteiger partial charge in [-0.1, -0.05) is 18.2 Å². The quantitative estimate of drug-likeness (QED) is 0.505. The lowest BCUT2D eigenvalue weighted by Gasteiger charge is -2.26. The summed E-state index contributed by atoms with van der Waals surface area (Å²) in [6.45, 7) is -0.712. The number of benzene rings is 2. The number of hydrogen-bond donors (Lipinski definition) is 4. The molecule has 156 valence electrons. The highest BCUT2D eigenvalue weighted by atomic mass is 16.6. The molecule has 1 fully saturated rings. The lowest BCUT2D eigenvalue weighted by Crippen LogP contribution is -2.45. The maximum absolute atomic E-state index is 12.6. The van der Waals surface area contributed by atoms with Gasteiger partial charge in [0.05, 0.1) is 33.4 Å². The van der Waals surface area contributed by atoms with Crippen molar-refractivity contribution in [1.29, 1.82) is 0 Å². The first-order valence-electron chi connectivity index (χ1n) is 9.05. The Morgan fingerprint density at radius 2 is 1.79 bits per heavy atom. The average Bonchev–Trinajstić information content (AvgIpc) is 2.98. The number of ether oxygens (including phenoxy) is 3. The Morgan fingerprint density at radius 1 is 1.07 bits per heavy atom. The molecule has 8 heteroatoms. The number of phenols is 1. The van der Waals surface area contributed by atoms with Crippen molar-refractivity contribution < 1.29 is 39.4 Å². The second-order valence-corrected chi connectivity index (χ2v) is 6.95. The molecule has 3 rings (SSSR count). The van der Waals surface area contributed by atoms with Crippen molar-refractivity contribution in [3.8, 4) is 17.2 Å². The third-order valence-electron chi connectivity index (χ3n) is 5.29. The van der Waals surface area contributed by atoms with E-state index in [2.05, 4.69) is 0 Å². The Kier molecular flexibility index (Phi) is 5.97. The standard InChI is InChI=1S/C21H24O8/c1-27-17-8-13(4-5-14(17)10-22)19-15(11-23)21(26,20(25)29-19)9-12-3-6-16(24)18(7-12)28-2/h3-8,15,19,22-24,26H,9-11H2,1-2H3. The minimum Gasteiger partial charge on any atom is -0.504 e. The molecule has 1 aliphatic rings. The minimum absolute atomic E-state index is 0.0649. The van der Waals surface area contributed by atoms with Crippen LogP contribution in [0.4, 0.5) is 0 Å². The zero-order valence-corrected chi connectivity index (χ0v) is 16.2. The summed E-state index contributed by atoms with van der Waals surface area (Å²) in [4.78, 5) is 12.6. The highest BCUT2D eigenvalue weighted by Crippen LogP contribution is 2.44. The maximum Gasteiger partial charge on any atom is 0.339 e. The molecule has 1 saturated heterocycles. The summed E-state index contributed by atoms with van der Waals surface area (Å²) in [5, 5.41) is 40.3. The van der Waals surface area contributed by atoms with Gasteiger partial charge >= 0.3 is 5.97 Å². The van der Waals surface area contributed by atoms with E-state index in [0.29, 0.717) is 22.4 Å². The molecule has 2 aromatic rings. The number of carbonyl (C=O) groups is 1. The molecule has 2 aromatic carbocycles. The molecule has 29 heavy (non-hydrogen) atoms. The van der Waals surface area contributed by atoms with Crippen LogP contribution in [0.2, 0.25) is 0 Å². The predicted molar refractivity (Wildman–Crippen MR) is 102 cm³/mol. The fourth-order valence-electron chi connectivity index (χ4n) is 3.66. The molecule has 1 heterocycles. The van der Waals surface area contributed by atoms with E-state index in [0.717, 1.165) is 0 Å². The fraction of sp³-hybridized carbons (Fsp3) is 0.381. The molecule has 0 bridgehead atoms. The van der Waals surface area contributed by atoms with Gasteiger partial charge in [-0.05, 0) is 29.3 Å². The Balaban J connectivity index is 1.94. The van der Waals surface area contributed by atoms with Crippen LogP contribution >= 0.6 is 0 Å². The molecule has 0 amide bonds. The highest BCUT2D eigenvalue weighted by molar-refractivity contribution is 5.83. The number of phenolic OH excluding ortho intramolecular Hbond substituents is 1. The number of carbonyl (C=O) groups excluding carboxylic acids is 1. The summed E-state index contributed by atoms with van der Waals surface area (Å²) in [6, 6.07) is 9.39. The number of hydrogen-bond acceptors (Lipinski definition) is 8. The van der Waals surface area contributed by atoms with Crippen molar-refractivity contribution in [2.75, 3.05) is 20.8 Å². The first kappa shape index (κ1) is 20.9. The summed E-state index contributed by atoms with van der Waals surface area (Å²) < 4.78 is 15.8. The van der Waals surface area contributed by atoms with Gasteiger partial charge in [0.2, 0.25) is 0 Å². The molecule has 3 atom stereocenters. The van der Waals surface area contributed by atoms with Crippen molar-refractivity contribution in [3.63, 3.8) is 0 Å². The van der Waals surface area contributed by atoms with Gasteiger partial charge in [-0.2, -0.15) is 0 Å². The van der Waals surface area contributed by atoms with Crippen molar-refractivity contribution >= 4 is 5.97 Å². The average molecular weight is 404 g/mol. The normalized spacial score (nSPS) is 23.7. The Labute approximate surface area is 167 Å². The number of aliphatic hydroxyl groups is 3. The van der Waals surface area contributed by atoms with Crippen LogP contribution in [-0.2, 0) is 22.6 Å². The van der Waals surface area contributed by atoms with E-state index >= 15 is 0 Å². The molecule has 0 aliphatic carbocycles. The zero-order valence-electron chi connectivity index (χ0n) is 16.2. The molecule has 0 aromatic heterocycles. The molecule has 3 unspecified atom stereocenters. The van der Waals surface area contributed by atoms with E-state index < -0.39 is 30.2 Å². The van der Waals surface area contributed by atoms with Gasteiger partial charge in [0.15, 0.2) is 17.1 Å². The van der Waals surface area contributed by atoms with Crippen LogP contribution in [0.25, 0.3) is 0 Å². The number of aliphatic hydroxyl groups excluding tert-OH is 2.